The topological polar surface area (TPSA) is 60.2 Å². The molecule has 2 rings (SSSR count). The van der Waals surface area contributed by atoms with E-state index in [-0.39, 0.29) is 5.54 Å². The van der Waals surface area contributed by atoms with Crippen molar-refractivity contribution >= 4 is 11.5 Å². The number of nitrogens with one attached hydrogen (secondary N) is 1. The van der Waals surface area contributed by atoms with Crippen LogP contribution in [0.25, 0.3) is 0 Å². The maximum Gasteiger partial charge on any atom is 0.239 e. The van der Waals surface area contributed by atoms with E-state index < -0.39 is 0 Å². The summed E-state index contributed by atoms with van der Waals surface area (Å²) in [5, 5.41) is 3.54. The number of pyridine rings is 1. The molecule has 1 aromatic rings. The Morgan fingerprint density at radius 2 is 2.06 bits per heavy atom. The van der Waals surface area contributed by atoms with Crippen LogP contribution in [0.4, 0.5) is 11.5 Å². The third-order valence-corrected chi connectivity index (χ3v) is 3.56. The van der Waals surface area contributed by atoms with Crippen LogP contribution in [-0.2, 0) is 0 Å². The number of aromatic nitrogens is 1. The van der Waals surface area contributed by atoms with E-state index in [4.69, 9.17) is 10.5 Å². The highest BCUT2D eigenvalue weighted by atomic mass is 16.5. The Labute approximate surface area is 109 Å². The average molecular weight is 249 g/mol. The molecule has 0 aliphatic heterocycles. The molecule has 0 radical (unpaired) electrons. The van der Waals surface area contributed by atoms with Crippen LogP contribution in [0.2, 0.25) is 0 Å². The number of ether oxygens (including phenoxy) is 1. The van der Waals surface area contributed by atoms with Crippen molar-refractivity contribution in [3.05, 3.63) is 12.1 Å². The van der Waals surface area contributed by atoms with E-state index in [1.807, 2.05) is 19.1 Å². The summed E-state index contributed by atoms with van der Waals surface area (Å²) in [6.07, 6.45) is 6.32. The molecule has 1 aliphatic rings. The summed E-state index contributed by atoms with van der Waals surface area (Å²) in [4.78, 5) is 4.44. The van der Waals surface area contributed by atoms with E-state index in [2.05, 4.69) is 17.2 Å². The minimum atomic E-state index is 0.158. The Kier molecular flexibility index (Phi) is 3.94. The molecule has 0 aromatic carbocycles. The molecule has 0 spiro atoms. The van der Waals surface area contributed by atoms with Gasteiger partial charge in [0.2, 0.25) is 5.88 Å². The number of nitrogen functional groups attached to an aromatic ring is 1. The van der Waals surface area contributed by atoms with Crippen molar-refractivity contribution in [1.29, 1.82) is 0 Å². The summed E-state index contributed by atoms with van der Waals surface area (Å²) in [6, 6.07) is 3.78. The summed E-state index contributed by atoms with van der Waals surface area (Å²) in [7, 11) is 0. The molecule has 0 bridgehead atoms. The molecule has 4 nitrogen and oxygen atoms in total. The highest BCUT2D eigenvalue weighted by molar-refractivity contribution is 5.54. The molecular formula is C14H23N3O. The van der Waals surface area contributed by atoms with E-state index in [1.54, 1.807) is 0 Å². The van der Waals surface area contributed by atoms with Crippen LogP contribution in [0.1, 0.15) is 46.0 Å². The lowest BCUT2D eigenvalue weighted by Gasteiger charge is -2.35. The Balaban J connectivity index is 2.10. The lowest BCUT2D eigenvalue weighted by Crippen LogP contribution is -2.37. The summed E-state index contributed by atoms with van der Waals surface area (Å²) in [5.74, 6) is 1.39. The second-order valence-electron chi connectivity index (χ2n) is 5.27. The maximum absolute atomic E-state index is 5.83. The van der Waals surface area contributed by atoms with Crippen molar-refractivity contribution < 1.29 is 4.74 Å². The number of hydrogen-bond donors (Lipinski definition) is 2. The number of rotatable bonds is 4. The van der Waals surface area contributed by atoms with Gasteiger partial charge in [0.25, 0.3) is 0 Å². The SMILES string of the molecule is CCOc1nc(NC2(C)CCCCC2)ccc1N. The summed E-state index contributed by atoms with van der Waals surface area (Å²) < 4.78 is 5.42. The molecule has 0 unspecified atom stereocenters. The van der Waals surface area contributed by atoms with Crippen LogP contribution in [0.15, 0.2) is 12.1 Å². The predicted octanol–water partition coefficient (Wildman–Crippen LogP) is 3.20. The largest absolute Gasteiger partial charge is 0.476 e. The second kappa shape index (κ2) is 5.46. The van der Waals surface area contributed by atoms with Gasteiger partial charge in [0.05, 0.1) is 12.3 Å². The molecule has 3 N–H and O–H groups in total. The minimum absolute atomic E-state index is 0.158. The first-order chi connectivity index (χ1) is 8.63. The fourth-order valence-electron chi connectivity index (χ4n) is 2.54. The van der Waals surface area contributed by atoms with Crippen molar-refractivity contribution in [3.63, 3.8) is 0 Å². The van der Waals surface area contributed by atoms with Crippen molar-refractivity contribution in [2.75, 3.05) is 17.7 Å². The quantitative estimate of drug-likeness (QED) is 0.860. The molecule has 1 fully saturated rings. The monoisotopic (exact) mass is 249 g/mol. The van der Waals surface area contributed by atoms with Crippen LogP contribution < -0.4 is 15.8 Å². The standard InChI is InChI=1S/C14H23N3O/c1-3-18-13-11(15)7-8-12(16-13)17-14(2)9-5-4-6-10-14/h7-8H,3-6,9-10,15H2,1-2H3,(H,16,17). The van der Waals surface area contributed by atoms with Gasteiger partial charge in [0.1, 0.15) is 5.82 Å². The van der Waals surface area contributed by atoms with E-state index >= 15 is 0 Å². The molecule has 4 heteroatoms. The highest BCUT2D eigenvalue weighted by Crippen LogP contribution is 2.31. The lowest BCUT2D eigenvalue weighted by molar-refractivity contribution is 0.327. The van der Waals surface area contributed by atoms with Gasteiger partial charge < -0.3 is 15.8 Å². The van der Waals surface area contributed by atoms with Gasteiger partial charge in [-0.15, -0.1) is 0 Å². The van der Waals surface area contributed by atoms with Gasteiger partial charge in [-0.2, -0.15) is 4.98 Å². The van der Waals surface area contributed by atoms with Crippen molar-refractivity contribution in [2.24, 2.45) is 0 Å². The second-order valence-corrected chi connectivity index (χ2v) is 5.27. The van der Waals surface area contributed by atoms with E-state index in [1.165, 1.54) is 32.1 Å². The van der Waals surface area contributed by atoms with Gasteiger partial charge >= 0.3 is 0 Å². The van der Waals surface area contributed by atoms with Crippen molar-refractivity contribution in [2.45, 2.75) is 51.5 Å². The van der Waals surface area contributed by atoms with Gasteiger partial charge in [-0.1, -0.05) is 19.3 Å². The molecule has 1 aromatic heterocycles. The van der Waals surface area contributed by atoms with E-state index in [0.717, 1.165) is 5.82 Å². The normalized spacial score (nSPS) is 18.3. The van der Waals surface area contributed by atoms with Gasteiger partial charge in [-0.25, -0.2) is 0 Å². The number of anilines is 2. The molecule has 1 saturated carbocycles. The van der Waals surface area contributed by atoms with Crippen LogP contribution in [-0.4, -0.2) is 17.1 Å². The third kappa shape index (κ3) is 3.06. The third-order valence-electron chi connectivity index (χ3n) is 3.56. The molecule has 18 heavy (non-hydrogen) atoms. The Hall–Kier alpha value is -1.45. The van der Waals surface area contributed by atoms with Crippen molar-refractivity contribution in [1.82, 2.24) is 4.98 Å². The average Bonchev–Trinajstić information content (AvgIpc) is 2.34. The Morgan fingerprint density at radius 1 is 1.33 bits per heavy atom. The molecular weight excluding hydrogens is 226 g/mol. The number of nitrogens with zero attached hydrogens (tertiary/aromatic N) is 1. The van der Waals surface area contributed by atoms with Gasteiger partial charge in [0, 0.05) is 5.54 Å². The summed E-state index contributed by atoms with van der Waals surface area (Å²) in [5.41, 5.74) is 6.58. The first-order valence-electron chi connectivity index (χ1n) is 6.80. The van der Waals surface area contributed by atoms with Crippen LogP contribution in [0, 0.1) is 0 Å². The zero-order valence-electron chi connectivity index (χ0n) is 11.3. The first kappa shape index (κ1) is 13.0. The first-order valence-corrected chi connectivity index (χ1v) is 6.80. The van der Waals surface area contributed by atoms with Gasteiger partial charge in [-0.05, 0) is 38.8 Å². The fourth-order valence-corrected chi connectivity index (χ4v) is 2.54. The zero-order chi connectivity index (χ0) is 13.0. The molecule has 1 aliphatic carbocycles. The maximum atomic E-state index is 5.83. The molecule has 100 valence electrons. The molecule has 0 amide bonds. The summed E-state index contributed by atoms with van der Waals surface area (Å²) >= 11 is 0. The Morgan fingerprint density at radius 3 is 2.72 bits per heavy atom. The van der Waals surface area contributed by atoms with Crippen molar-refractivity contribution in [3.8, 4) is 5.88 Å². The van der Waals surface area contributed by atoms with Crippen LogP contribution in [0.5, 0.6) is 5.88 Å². The lowest BCUT2D eigenvalue weighted by atomic mass is 9.83. The zero-order valence-corrected chi connectivity index (χ0v) is 11.3. The summed E-state index contributed by atoms with van der Waals surface area (Å²) in [6.45, 7) is 4.78. The van der Waals surface area contributed by atoms with Gasteiger partial charge in [-0.3, -0.25) is 0 Å². The fraction of sp³-hybridized carbons (Fsp3) is 0.643. The predicted molar refractivity (Wildman–Crippen MR) is 74.9 cm³/mol. The minimum Gasteiger partial charge on any atom is -0.476 e. The van der Waals surface area contributed by atoms with E-state index in [9.17, 15) is 0 Å². The van der Waals surface area contributed by atoms with E-state index in [0.29, 0.717) is 18.2 Å². The van der Waals surface area contributed by atoms with Crippen LogP contribution >= 0.6 is 0 Å². The molecule has 1 heterocycles. The molecule has 0 atom stereocenters. The van der Waals surface area contributed by atoms with Crippen LogP contribution in [0.3, 0.4) is 0 Å². The smallest absolute Gasteiger partial charge is 0.239 e. The Bertz CT molecular complexity index is 400. The highest BCUT2D eigenvalue weighted by Gasteiger charge is 2.26. The molecule has 0 saturated heterocycles. The number of nitrogens with two attached hydrogens (primary N) is 1. The number of hydrogen-bond acceptors (Lipinski definition) is 4. The van der Waals surface area contributed by atoms with Gasteiger partial charge in [0.15, 0.2) is 0 Å².